The van der Waals surface area contributed by atoms with Crippen LogP contribution in [0.5, 0.6) is 0 Å². The van der Waals surface area contributed by atoms with Crippen molar-refractivity contribution in [2.75, 3.05) is 49.4 Å². The lowest BCUT2D eigenvalue weighted by Crippen LogP contribution is -2.29. The first-order valence-corrected chi connectivity index (χ1v) is 23.8. The molecule has 5 atom stereocenters. The number of thioether (sulfide) groups is 1. The molecule has 0 fully saturated rings. The molecule has 0 heterocycles. The van der Waals surface area contributed by atoms with Crippen molar-refractivity contribution in [1.29, 1.82) is 0 Å². The molecule has 0 spiro atoms. The van der Waals surface area contributed by atoms with E-state index in [1.165, 1.54) is 11.1 Å². The summed E-state index contributed by atoms with van der Waals surface area (Å²) in [6, 6.07) is 40.8. The van der Waals surface area contributed by atoms with Gasteiger partial charge in [-0.05, 0) is 72.3 Å². The Morgan fingerprint density at radius 3 is 1.10 bits per heavy atom. The Kier molecular flexibility index (Phi) is 27.9. The molecule has 11 heteroatoms. The molecule has 0 aromatic heterocycles. The minimum Gasteiger partial charge on any atom is -0.481 e. The summed E-state index contributed by atoms with van der Waals surface area (Å²) >= 11 is 1.97. The van der Waals surface area contributed by atoms with Gasteiger partial charge in [-0.3, -0.25) is 19.5 Å². The summed E-state index contributed by atoms with van der Waals surface area (Å²) in [6.07, 6.45) is 7.68. The van der Waals surface area contributed by atoms with Crippen LogP contribution < -0.4 is 0 Å². The number of unbranched alkanes of at least 4 members (excludes halogenated alkanes) is 2. The average Bonchev–Trinajstić information content (AvgIpc) is 3.30. The van der Waals surface area contributed by atoms with Crippen LogP contribution in [0.25, 0.3) is 0 Å². The van der Waals surface area contributed by atoms with E-state index < -0.39 is 16.8 Å². The predicted molar refractivity (Wildman–Crippen MR) is 254 cm³/mol. The van der Waals surface area contributed by atoms with Gasteiger partial charge in [0, 0.05) is 50.9 Å². The number of aliphatic hydroxyl groups excluding tert-OH is 4. The van der Waals surface area contributed by atoms with Gasteiger partial charge in [0.1, 0.15) is 0 Å². The van der Waals surface area contributed by atoms with Crippen LogP contribution in [0.4, 0.5) is 0 Å². The van der Waals surface area contributed by atoms with Crippen molar-refractivity contribution in [3.63, 3.8) is 0 Å². The molecule has 4 aromatic rings. The standard InChI is InChI=1S/C24H34O3S.C24H34O2S.C2H4O2.H2O2/c1-23(19-25,21-11-5-3-6-12-21)15-9-10-17-28(27)18-16-24(2,20-26)22-13-7-4-8-14-22;1-23(19-25,21-11-5-3-6-12-21)15-9-10-17-27-18-16-24(2,20-26)22-13-7-4-8-14-22;1-2(3)4;1-2/h3-8,11-14,25-26H,9-10,15-20H2,1-2H3;3-8,11-14,25-26H,9-10,15-20H2,1-2H3;1H3,(H,3,4);1-2H. The molecular weight excluding hydrogens is 809 g/mol. The third-order valence-corrected chi connectivity index (χ3v) is 14.0. The van der Waals surface area contributed by atoms with Gasteiger partial charge in [-0.15, -0.1) is 0 Å². The van der Waals surface area contributed by atoms with Crippen molar-refractivity contribution in [1.82, 2.24) is 0 Å². The Balaban J connectivity index is 0.000000540. The van der Waals surface area contributed by atoms with Crippen molar-refractivity contribution >= 4 is 28.5 Å². The number of carbonyl (C=O) groups is 1. The second-order valence-corrected chi connectivity index (χ2v) is 19.7. The molecule has 7 N–H and O–H groups in total. The van der Waals surface area contributed by atoms with Gasteiger partial charge in [-0.2, -0.15) is 11.8 Å². The maximum Gasteiger partial charge on any atom is 0.300 e. The lowest BCUT2D eigenvalue weighted by Gasteiger charge is -2.28. The minimum atomic E-state index is -0.890. The van der Waals surface area contributed by atoms with Crippen molar-refractivity contribution in [3.8, 4) is 0 Å². The molecule has 5 unspecified atom stereocenters. The summed E-state index contributed by atoms with van der Waals surface area (Å²) in [5.74, 6) is 2.63. The van der Waals surface area contributed by atoms with Crippen LogP contribution in [-0.4, -0.2) is 95.7 Å². The van der Waals surface area contributed by atoms with Gasteiger partial charge in [0.15, 0.2) is 0 Å². The van der Waals surface area contributed by atoms with Gasteiger partial charge in [0.05, 0.1) is 26.4 Å². The fraction of sp³-hybridized carbons (Fsp3) is 0.500. The van der Waals surface area contributed by atoms with Crippen LogP contribution in [0.15, 0.2) is 121 Å². The molecule has 9 nitrogen and oxygen atoms in total. The predicted octanol–water partition coefficient (Wildman–Crippen LogP) is 9.48. The van der Waals surface area contributed by atoms with Crippen LogP contribution >= 0.6 is 11.8 Å². The van der Waals surface area contributed by atoms with Gasteiger partial charge in [0.2, 0.25) is 0 Å². The smallest absolute Gasteiger partial charge is 0.300 e. The maximum absolute atomic E-state index is 12.5. The number of rotatable bonds is 24. The van der Waals surface area contributed by atoms with Crippen LogP contribution in [0.1, 0.15) is 108 Å². The van der Waals surface area contributed by atoms with E-state index in [1.54, 1.807) is 0 Å². The Morgan fingerprint density at radius 1 is 0.475 bits per heavy atom. The zero-order valence-electron chi connectivity index (χ0n) is 37.1. The fourth-order valence-corrected chi connectivity index (χ4v) is 9.57. The highest BCUT2D eigenvalue weighted by Gasteiger charge is 2.28. The zero-order valence-corrected chi connectivity index (χ0v) is 38.8. The van der Waals surface area contributed by atoms with Crippen LogP contribution in [0.2, 0.25) is 0 Å². The number of carboxylic acid groups (broad SMARTS) is 1. The van der Waals surface area contributed by atoms with E-state index in [0.29, 0.717) is 17.9 Å². The van der Waals surface area contributed by atoms with Gasteiger partial charge < -0.3 is 25.5 Å². The molecule has 0 radical (unpaired) electrons. The molecule has 0 saturated heterocycles. The highest BCUT2D eigenvalue weighted by molar-refractivity contribution is 7.99. The van der Waals surface area contributed by atoms with E-state index in [9.17, 15) is 24.6 Å². The highest BCUT2D eigenvalue weighted by atomic mass is 32.2. The second kappa shape index (κ2) is 30.6. The molecule has 0 aliphatic heterocycles. The first kappa shape index (κ1) is 55.6. The van der Waals surface area contributed by atoms with Crippen LogP contribution in [0, 0.1) is 0 Å². The molecule has 0 aliphatic carbocycles. The largest absolute Gasteiger partial charge is 0.481 e. The number of aliphatic hydroxyl groups is 4. The molecule has 4 rings (SSSR count). The molecule has 61 heavy (non-hydrogen) atoms. The highest BCUT2D eigenvalue weighted by Crippen LogP contribution is 2.32. The third-order valence-electron chi connectivity index (χ3n) is 11.6. The third kappa shape index (κ3) is 20.6. The Morgan fingerprint density at radius 2 is 0.770 bits per heavy atom. The number of carboxylic acids is 1. The first-order valence-electron chi connectivity index (χ1n) is 21.2. The summed E-state index contributed by atoms with van der Waals surface area (Å²) in [4.78, 5) is 9.00. The van der Waals surface area contributed by atoms with Gasteiger partial charge in [0.25, 0.3) is 5.97 Å². The quantitative estimate of drug-likeness (QED) is 0.0204. The van der Waals surface area contributed by atoms with Gasteiger partial charge >= 0.3 is 0 Å². The maximum atomic E-state index is 12.5. The molecule has 4 aromatic carbocycles. The lowest BCUT2D eigenvalue weighted by molar-refractivity contribution is -0.176. The van der Waals surface area contributed by atoms with Crippen molar-refractivity contribution < 1.29 is 45.1 Å². The van der Waals surface area contributed by atoms with Crippen LogP contribution in [0.3, 0.4) is 0 Å². The average molecular weight is 883 g/mol. The fourth-order valence-electron chi connectivity index (χ4n) is 6.96. The summed E-state index contributed by atoms with van der Waals surface area (Å²) in [6.45, 7) is 10.1. The second-order valence-electron chi connectivity index (χ2n) is 16.7. The van der Waals surface area contributed by atoms with E-state index in [4.69, 9.17) is 20.4 Å². The molecule has 0 bridgehead atoms. The number of hydrogen-bond donors (Lipinski definition) is 7. The minimum absolute atomic E-state index is 0.0557. The van der Waals surface area contributed by atoms with E-state index in [-0.39, 0.29) is 48.1 Å². The summed E-state index contributed by atoms with van der Waals surface area (Å²) in [5, 5.41) is 58.9. The number of hydrogen-bond acceptors (Lipinski definition) is 9. The summed E-state index contributed by atoms with van der Waals surface area (Å²) in [7, 11) is -0.890. The van der Waals surface area contributed by atoms with Crippen molar-refractivity contribution in [2.45, 2.75) is 108 Å². The van der Waals surface area contributed by atoms with E-state index in [2.05, 4.69) is 57.2 Å². The monoisotopic (exact) mass is 882 g/mol. The summed E-state index contributed by atoms with van der Waals surface area (Å²) in [5.41, 5.74) is 3.80. The van der Waals surface area contributed by atoms with Crippen LogP contribution in [-0.2, 0) is 37.3 Å². The molecular formula is C50H74O9S2. The van der Waals surface area contributed by atoms with Crippen molar-refractivity contribution in [3.05, 3.63) is 144 Å². The van der Waals surface area contributed by atoms with E-state index >= 15 is 0 Å². The SMILES string of the molecule is CC(=O)O.CC(CO)(CCCCS(=O)CCC(C)(CO)c1ccccc1)c1ccccc1.CC(CO)(CCCCSCCC(C)(CO)c1ccccc1)c1ccccc1.OO. The zero-order chi connectivity index (χ0) is 45.6. The van der Waals surface area contributed by atoms with Gasteiger partial charge in [-0.1, -0.05) is 162 Å². The van der Waals surface area contributed by atoms with E-state index in [1.807, 2.05) is 104 Å². The number of benzene rings is 4. The Labute approximate surface area is 372 Å². The molecule has 0 saturated carbocycles. The Bertz CT molecular complexity index is 1660. The first-order chi connectivity index (χ1) is 29.2. The topological polar surface area (TPSA) is 176 Å². The lowest BCUT2D eigenvalue weighted by atomic mass is 9.79. The normalized spacial score (nSPS) is 15.3. The van der Waals surface area contributed by atoms with Gasteiger partial charge in [-0.25, -0.2) is 0 Å². The molecule has 340 valence electrons. The molecule has 0 amide bonds. The molecule has 0 aliphatic rings. The number of aliphatic carboxylic acids is 1. The van der Waals surface area contributed by atoms with Crippen molar-refractivity contribution in [2.24, 2.45) is 0 Å². The Hall–Kier alpha value is -3.39. The summed E-state index contributed by atoms with van der Waals surface area (Å²) < 4.78 is 12.5. The van der Waals surface area contributed by atoms with E-state index in [0.717, 1.165) is 74.5 Å².